The van der Waals surface area contributed by atoms with Gasteiger partial charge in [-0.3, -0.25) is 0 Å². The van der Waals surface area contributed by atoms with E-state index in [4.69, 9.17) is 4.55 Å². The first-order chi connectivity index (χ1) is 4.41. The standard InChI is InChI=1S/C6H14OS2/c1-2-3-4-5-6-8-9-7/h7H,2-6H2,1H3. The van der Waals surface area contributed by atoms with E-state index in [0.717, 1.165) is 16.8 Å². The zero-order valence-electron chi connectivity index (χ0n) is 5.80. The second-order valence-electron chi connectivity index (χ2n) is 1.96. The SMILES string of the molecule is CCCCCCSSO. The Balaban J connectivity index is 2.60. The van der Waals surface area contributed by atoms with Crippen molar-refractivity contribution >= 4 is 21.9 Å². The summed E-state index contributed by atoms with van der Waals surface area (Å²) >= 11 is 0.876. The van der Waals surface area contributed by atoms with Crippen LogP contribution in [-0.4, -0.2) is 10.3 Å². The van der Waals surface area contributed by atoms with E-state index in [1.165, 1.54) is 36.5 Å². The van der Waals surface area contributed by atoms with E-state index in [9.17, 15) is 0 Å². The van der Waals surface area contributed by atoms with Crippen LogP contribution >= 0.6 is 21.9 Å². The molecule has 9 heavy (non-hydrogen) atoms. The highest BCUT2D eigenvalue weighted by atomic mass is 33.1. The minimum atomic E-state index is 0.876. The number of hydrogen-bond acceptors (Lipinski definition) is 3. The van der Waals surface area contributed by atoms with Crippen molar-refractivity contribution in [2.75, 3.05) is 5.75 Å². The lowest BCUT2D eigenvalue weighted by molar-refractivity contribution is 0.675. The van der Waals surface area contributed by atoms with Gasteiger partial charge in [0.05, 0.1) is 11.1 Å². The maximum atomic E-state index is 8.30. The molecule has 0 aromatic heterocycles. The molecule has 0 unspecified atom stereocenters. The second kappa shape index (κ2) is 8.66. The summed E-state index contributed by atoms with van der Waals surface area (Å²) in [4.78, 5) is 0. The highest BCUT2D eigenvalue weighted by Gasteiger charge is 1.87. The molecule has 0 aromatic rings. The number of hydrogen-bond donors (Lipinski definition) is 1. The lowest BCUT2D eigenvalue weighted by atomic mass is 10.2. The fourth-order valence-corrected chi connectivity index (χ4v) is 1.60. The Bertz CT molecular complexity index is 44.3. The molecule has 0 saturated carbocycles. The first-order valence-electron chi connectivity index (χ1n) is 3.35. The highest BCUT2D eigenvalue weighted by Crippen LogP contribution is 2.18. The zero-order valence-corrected chi connectivity index (χ0v) is 7.43. The van der Waals surface area contributed by atoms with Crippen molar-refractivity contribution in [2.45, 2.75) is 32.6 Å². The molecule has 0 amide bonds. The van der Waals surface area contributed by atoms with Crippen LogP contribution in [-0.2, 0) is 0 Å². The summed E-state index contributed by atoms with van der Waals surface area (Å²) in [6, 6.07) is 0. The third-order valence-corrected chi connectivity index (χ3v) is 2.51. The van der Waals surface area contributed by atoms with E-state index in [1.807, 2.05) is 0 Å². The molecule has 1 N–H and O–H groups in total. The summed E-state index contributed by atoms with van der Waals surface area (Å²) < 4.78 is 8.30. The summed E-state index contributed by atoms with van der Waals surface area (Å²) in [6.45, 7) is 2.20. The van der Waals surface area contributed by atoms with E-state index >= 15 is 0 Å². The van der Waals surface area contributed by atoms with Crippen molar-refractivity contribution in [3.8, 4) is 0 Å². The Labute approximate surface area is 65.2 Å². The molecule has 0 atom stereocenters. The maximum absolute atomic E-state index is 8.30. The van der Waals surface area contributed by atoms with Crippen molar-refractivity contribution in [1.29, 1.82) is 0 Å². The van der Waals surface area contributed by atoms with Gasteiger partial charge >= 0.3 is 0 Å². The zero-order chi connectivity index (χ0) is 6.95. The Morgan fingerprint density at radius 1 is 1.22 bits per heavy atom. The second-order valence-corrected chi connectivity index (χ2v) is 3.90. The maximum Gasteiger partial charge on any atom is 0.0593 e. The van der Waals surface area contributed by atoms with Crippen LogP contribution in [0, 0.1) is 0 Å². The normalized spacial score (nSPS) is 10.0. The summed E-state index contributed by atoms with van der Waals surface area (Å²) in [7, 11) is 1.53. The smallest absolute Gasteiger partial charge is 0.0593 e. The molecule has 56 valence electrons. The molecule has 0 rings (SSSR count). The van der Waals surface area contributed by atoms with Crippen molar-refractivity contribution < 1.29 is 4.55 Å². The van der Waals surface area contributed by atoms with E-state index in [-0.39, 0.29) is 0 Å². The fraction of sp³-hybridized carbons (Fsp3) is 1.00. The van der Waals surface area contributed by atoms with E-state index in [1.54, 1.807) is 0 Å². The Hall–Kier alpha value is 0.660. The molecular formula is C6H14OS2. The Kier molecular flexibility index (Phi) is 9.30. The third-order valence-electron chi connectivity index (χ3n) is 1.13. The average molecular weight is 166 g/mol. The van der Waals surface area contributed by atoms with Crippen molar-refractivity contribution in [3.63, 3.8) is 0 Å². The van der Waals surface area contributed by atoms with Gasteiger partial charge in [0, 0.05) is 5.75 Å². The van der Waals surface area contributed by atoms with E-state index in [0.29, 0.717) is 0 Å². The Morgan fingerprint density at radius 2 is 2.00 bits per heavy atom. The van der Waals surface area contributed by atoms with Crippen LogP contribution in [0.5, 0.6) is 0 Å². The predicted molar refractivity (Wildman–Crippen MR) is 46.8 cm³/mol. The Morgan fingerprint density at radius 3 is 2.56 bits per heavy atom. The molecule has 1 nitrogen and oxygen atoms in total. The van der Waals surface area contributed by atoms with Crippen LogP contribution in [0.4, 0.5) is 0 Å². The van der Waals surface area contributed by atoms with Gasteiger partial charge in [0.1, 0.15) is 0 Å². The molecule has 0 radical (unpaired) electrons. The average Bonchev–Trinajstić information content (AvgIpc) is 1.89. The van der Waals surface area contributed by atoms with Crippen LogP contribution in [0.2, 0.25) is 0 Å². The summed E-state index contributed by atoms with van der Waals surface area (Å²) in [6.07, 6.45) is 5.17. The quantitative estimate of drug-likeness (QED) is 0.371. The van der Waals surface area contributed by atoms with Gasteiger partial charge in [-0.25, -0.2) is 0 Å². The van der Waals surface area contributed by atoms with Crippen molar-refractivity contribution in [3.05, 3.63) is 0 Å². The van der Waals surface area contributed by atoms with Gasteiger partial charge in [-0.1, -0.05) is 37.0 Å². The van der Waals surface area contributed by atoms with Gasteiger partial charge in [0.2, 0.25) is 0 Å². The largest absolute Gasteiger partial charge is 0.321 e. The van der Waals surface area contributed by atoms with Crippen LogP contribution in [0.25, 0.3) is 0 Å². The summed E-state index contributed by atoms with van der Waals surface area (Å²) in [5.41, 5.74) is 0. The molecule has 3 heteroatoms. The molecule has 0 saturated heterocycles. The molecule has 0 aliphatic rings. The minimum absolute atomic E-state index is 0.876. The van der Waals surface area contributed by atoms with Gasteiger partial charge in [-0.2, -0.15) is 0 Å². The van der Waals surface area contributed by atoms with Crippen LogP contribution in [0.15, 0.2) is 0 Å². The van der Waals surface area contributed by atoms with Crippen LogP contribution < -0.4 is 0 Å². The predicted octanol–water partition coefficient (Wildman–Crippen LogP) is 3.42. The van der Waals surface area contributed by atoms with Crippen LogP contribution in [0.3, 0.4) is 0 Å². The van der Waals surface area contributed by atoms with Gasteiger partial charge in [-0.15, -0.1) is 0 Å². The molecule has 0 heterocycles. The number of unbranched alkanes of at least 4 members (excludes halogenated alkanes) is 3. The highest BCUT2D eigenvalue weighted by molar-refractivity contribution is 8.74. The van der Waals surface area contributed by atoms with E-state index < -0.39 is 0 Å². The molecule has 0 fully saturated rings. The molecular weight excluding hydrogens is 152 g/mol. The first-order valence-corrected chi connectivity index (χ1v) is 5.62. The van der Waals surface area contributed by atoms with Crippen molar-refractivity contribution in [1.82, 2.24) is 0 Å². The van der Waals surface area contributed by atoms with Gasteiger partial charge < -0.3 is 4.55 Å². The van der Waals surface area contributed by atoms with Gasteiger partial charge in [0.25, 0.3) is 0 Å². The van der Waals surface area contributed by atoms with Gasteiger partial charge in [0.15, 0.2) is 0 Å². The molecule has 0 aliphatic heterocycles. The molecule has 0 bridgehead atoms. The van der Waals surface area contributed by atoms with Gasteiger partial charge in [-0.05, 0) is 6.42 Å². The first kappa shape index (κ1) is 9.66. The summed E-state index contributed by atoms with van der Waals surface area (Å²) in [5, 5.41) is 0. The summed E-state index contributed by atoms with van der Waals surface area (Å²) in [5.74, 6) is 1.08. The monoisotopic (exact) mass is 166 g/mol. The number of rotatable bonds is 6. The fourth-order valence-electron chi connectivity index (χ4n) is 0.625. The molecule has 0 aliphatic carbocycles. The third kappa shape index (κ3) is 8.66. The minimum Gasteiger partial charge on any atom is -0.321 e. The van der Waals surface area contributed by atoms with Crippen molar-refractivity contribution in [2.24, 2.45) is 0 Å². The molecule has 0 spiro atoms. The van der Waals surface area contributed by atoms with E-state index in [2.05, 4.69) is 6.92 Å². The topological polar surface area (TPSA) is 20.2 Å². The lowest BCUT2D eigenvalue weighted by Gasteiger charge is -1.94. The van der Waals surface area contributed by atoms with Crippen LogP contribution in [0.1, 0.15) is 32.6 Å². The molecule has 0 aromatic carbocycles. The lowest BCUT2D eigenvalue weighted by Crippen LogP contribution is -1.77.